The maximum atomic E-state index is 4.05. The summed E-state index contributed by atoms with van der Waals surface area (Å²) in [6.07, 6.45) is 8.65. The van der Waals surface area contributed by atoms with Gasteiger partial charge in [0.25, 0.3) is 0 Å². The summed E-state index contributed by atoms with van der Waals surface area (Å²) in [5.74, 6) is 1.98. The van der Waals surface area contributed by atoms with Crippen LogP contribution in [0.25, 0.3) is 0 Å². The minimum atomic E-state index is 0.534. The van der Waals surface area contributed by atoms with Gasteiger partial charge >= 0.3 is 0 Å². The molecule has 17 heavy (non-hydrogen) atoms. The SMILES string of the molecule is CCCC1CC1NC1C2(C)CCC(C2)C1(C)C. The zero-order chi connectivity index (χ0) is 12.3. The van der Waals surface area contributed by atoms with Gasteiger partial charge in [0.1, 0.15) is 0 Å². The smallest absolute Gasteiger partial charge is 0.0177 e. The van der Waals surface area contributed by atoms with Crippen molar-refractivity contribution < 1.29 is 0 Å². The average molecular weight is 235 g/mol. The summed E-state index contributed by atoms with van der Waals surface area (Å²) in [4.78, 5) is 0. The van der Waals surface area contributed by atoms with Gasteiger partial charge in [0.2, 0.25) is 0 Å². The van der Waals surface area contributed by atoms with Gasteiger partial charge in [0, 0.05) is 12.1 Å². The summed E-state index contributed by atoms with van der Waals surface area (Å²) in [7, 11) is 0. The minimum Gasteiger partial charge on any atom is -0.310 e. The highest BCUT2D eigenvalue weighted by molar-refractivity contribution is 5.14. The number of hydrogen-bond donors (Lipinski definition) is 1. The lowest BCUT2D eigenvalue weighted by molar-refractivity contribution is 0.106. The molecule has 0 aliphatic heterocycles. The quantitative estimate of drug-likeness (QED) is 0.777. The molecule has 0 saturated heterocycles. The molecule has 0 heterocycles. The lowest BCUT2D eigenvalue weighted by atomic mass is 9.68. The van der Waals surface area contributed by atoms with E-state index in [2.05, 4.69) is 33.0 Å². The molecule has 2 bridgehead atoms. The van der Waals surface area contributed by atoms with Gasteiger partial charge in [0.05, 0.1) is 0 Å². The van der Waals surface area contributed by atoms with Crippen molar-refractivity contribution in [2.45, 2.75) is 78.3 Å². The van der Waals surface area contributed by atoms with Crippen LogP contribution in [0, 0.1) is 22.7 Å². The average Bonchev–Trinajstić information content (AvgIpc) is 2.80. The second-order valence-corrected chi connectivity index (χ2v) is 7.91. The second-order valence-electron chi connectivity index (χ2n) is 7.91. The van der Waals surface area contributed by atoms with Crippen molar-refractivity contribution in [3.63, 3.8) is 0 Å². The Hall–Kier alpha value is -0.0400. The van der Waals surface area contributed by atoms with Gasteiger partial charge in [-0.3, -0.25) is 0 Å². The summed E-state index contributed by atoms with van der Waals surface area (Å²) in [6, 6.07) is 1.64. The zero-order valence-electron chi connectivity index (χ0n) is 12.1. The highest BCUT2D eigenvalue weighted by atomic mass is 15.1. The fourth-order valence-electron chi connectivity index (χ4n) is 5.07. The predicted molar refractivity (Wildman–Crippen MR) is 73.0 cm³/mol. The molecule has 0 spiro atoms. The number of hydrogen-bond acceptors (Lipinski definition) is 1. The first-order valence-electron chi connectivity index (χ1n) is 7.73. The Morgan fingerprint density at radius 1 is 1.24 bits per heavy atom. The summed E-state index contributed by atoms with van der Waals surface area (Å²) < 4.78 is 0. The van der Waals surface area contributed by atoms with Crippen molar-refractivity contribution in [3.8, 4) is 0 Å². The van der Waals surface area contributed by atoms with Crippen LogP contribution >= 0.6 is 0 Å². The number of rotatable bonds is 4. The summed E-state index contributed by atoms with van der Waals surface area (Å²) in [5, 5.41) is 4.05. The van der Waals surface area contributed by atoms with Crippen molar-refractivity contribution in [2.75, 3.05) is 0 Å². The van der Waals surface area contributed by atoms with E-state index in [1.807, 2.05) is 0 Å². The molecule has 98 valence electrons. The Balaban J connectivity index is 1.67. The van der Waals surface area contributed by atoms with E-state index in [0.717, 1.165) is 23.9 Å². The minimum absolute atomic E-state index is 0.534. The Kier molecular flexibility index (Phi) is 2.63. The van der Waals surface area contributed by atoms with Crippen LogP contribution in [0.5, 0.6) is 0 Å². The van der Waals surface area contributed by atoms with Crippen LogP contribution in [0.1, 0.15) is 66.2 Å². The van der Waals surface area contributed by atoms with E-state index in [0.29, 0.717) is 10.8 Å². The Morgan fingerprint density at radius 3 is 2.59 bits per heavy atom. The normalized spacial score (nSPS) is 50.8. The molecular formula is C16H29N. The predicted octanol–water partition coefficient (Wildman–Crippen LogP) is 3.98. The second kappa shape index (κ2) is 3.73. The van der Waals surface area contributed by atoms with E-state index >= 15 is 0 Å². The third-order valence-electron chi connectivity index (χ3n) is 6.23. The van der Waals surface area contributed by atoms with Gasteiger partial charge in [-0.1, -0.05) is 34.1 Å². The van der Waals surface area contributed by atoms with Crippen molar-refractivity contribution in [1.29, 1.82) is 0 Å². The maximum absolute atomic E-state index is 4.05. The Bertz CT molecular complexity index is 304. The van der Waals surface area contributed by atoms with Gasteiger partial charge in [-0.05, 0) is 54.8 Å². The van der Waals surface area contributed by atoms with Gasteiger partial charge in [-0.15, -0.1) is 0 Å². The van der Waals surface area contributed by atoms with Crippen molar-refractivity contribution in [1.82, 2.24) is 5.32 Å². The summed E-state index contributed by atoms with van der Waals surface area (Å²) in [6.45, 7) is 9.88. The Labute approximate surface area is 107 Å². The molecule has 1 nitrogen and oxygen atoms in total. The molecule has 3 aliphatic rings. The van der Waals surface area contributed by atoms with Crippen LogP contribution in [0.2, 0.25) is 0 Å². The van der Waals surface area contributed by atoms with Crippen LogP contribution < -0.4 is 5.32 Å². The molecule has 0 aromatic heterocycles. The van der Waals surface area contributed by atoms with Gasteiger partial charge in [0.15, 0.2) is 0 Å². The highest BCUT2D eigenvalue weighted by Gasteiger charge is 2.60. The van der Waals surface area contributed by atoms with Gasteiger partial charge < -0.3 is 5.32 Å². The van der Waals surface area contributed by atoms with E-state index in [9.17, 15) is 0 Å². The standard InChI is InChI=1S/C16H29N/c1-5-6-11-9-13(11)17-14-15(2,3)12-7-8-16(14,4)10-12/h11-14,17H,5-10H2,1-4H3. The maximum Gasteiger partial charge on any atom is 0.0177 e. The molecule has 1 heteroatoms. The zero-order valence-corrected chi connectivity index (χ0v) is 12.1. The van der Waals surface area contributed by atoms with E-state index in [-0.39, 0.29) is 0 Å². The number of nitrogens with one attached hydrogen (secondary N) is 1. The lowest BCUT2D eigenvalue weighted by Gasteiger charge is -2.43. The van der Waals surface area contributed by atoms with Crippen LogP contribution in [-0.4, -0.2) is 12.1 Å². The van der Waals surface area contributed by atoms with Crippen LogP contribution in [0.15, 0.2) is 0 Å². The molecule has 0 radical (unpaired) electrons. The lowest BCUT2D eigenvalue weighted by Crippen LogP contribution is -2.51. The molecule has 5 unspecified atom stereocenters. The first kappa shape index (κ1) is 12.0. The largest absolute Gasteiger partial charge is 0.310 e. The van der Waals surface area contributed by atoms with Gasteiger partial charge in [-0.25, -0.2) is 0 Å². The molecule has 3 saturated carbocycles. The first-order chi connectivity index (χ1) is 7.97. The van der Waals surface area contributed by atoms with Gasteiger partial charge in [-0.2, -0.15) is 0 Å². The van der Waals surface area contributed by atoms with E-state index in [4.69, 9.17) is 0 Å². The van der Waals surface area contributed by atoms with Crippen LogP contribution in [-0.2, 0) is 0 Å². The Morgan fingerprint density at radius 2 is 2.00 bits per heavy atom. The molecular weight excluding hydrogens is 206 g/mol. The summed E-state index contributed by atoms with van der Waals surface area (Å²) in [5.41, 5.74) is 1.14. The molecule has 5 atom stereocenters. The molecule has 3 fully saturated rings. The fourth-order valence-corrected chi connectivity index (χ4v) is 5.07. The molecule has 3 aliphatic carbocycles. The van der Waals surface area contributed by atoms with E-state index in [1.165, 1.54) is 38.5 Å². The molecule has 3 rings (SSSR count). The molecule has 0 aromatic rings. The van der Waals surface area contributed by atoms with E-state index < -0.39 is 0 Å². The number of fused-ring (bicyclic) bond motifs is 2. The third-order valence-corrected chi connectivity index (χ3v) is 6.23. The topological polar surface area (TPSA) is 12.0 Å². The third kappa shape index (κ3) is 1.77. The van der Waals surface area contributed by atoms with Crippen molar-refractivity contribution >= 4 is 0 Å². The summed E-state index contributed by atoms with van der Waals surface area (Å²) >= 11 is 0. The monoisotopic (exact) mass is 235 g/mol. The fraction of sp³-hybridized carbons (Fsp3) is 1.00. The van der Waals surface area contributed by atoms with Crippen molar-refractivity contribution in [3.05, 3.63) is 0 Å². The van der Waals surface area contributed by atoms with Crippen LogP contribution in [0.3, 0.4) is 0 Å². The highest BCUT2D eigenvalue weighted by Crippen LogP contribution is 2.63. The van der Waals surface area contributed by atoms with E-state index in [1.54, 1.807) is 0 Å². The molecule has 0 aromatic carbocycles. The van der Waals surface area contributed by atoms with Crippen LogP contribution in [0.4, 0.5) is 0 Å². The van der Waals surface area contributed by atoms with Crippen molar-refractivity contribution in [2.24, 2.45) is 22.7 Å². The first-order valence-corrected chi connectivity index (χ1v) is 7.73. The molecule has 0 amide bonds. The molecule has 1 N–H and O–H groups in total.